The zero-order valence-electron chi connectivity index (χ0n) is 5.87. The van der Waals surface area contributed by atoms with Crippen molar-refractivity contribution < 1.29 is 13.9 Å². The predicted molar refractivity (Wildman–Crippen MR) is 35.5 cm³/mol. The molecule has 11 heavy (non-hydrogen) atoms. The Hall–Kier alpha value is -1.45. The standard InChI is InChI=1S/C7H6FNO2/c1-11-7(10)6-5(8)3-2-4-9-6/h2-4H,1H3. The van der Waals surface area contributed by atoms with Crippen molar-refractivity contribution in [3.8, 4) is 0 Å². The van der Waals surface area contributed by atoms with E-state index in [9.17, 15) is 9.18 Å². The van der Waals surface area contributed by atoms with Crippen LogP contribution in [-0.4, -0.2) is 18.1 Å². The maximum Gasteiger partial charge on any atom is 0.359 e. The molecule has 0 aliphatic heterocycles. The Bertz CT molecular complexity index is 275. The number of carbonyl (C=O) groups is 1. The fraction of sp³-hybridized carbons (Fsp3) is 0.143. The number of carbonyl (C=O) groups excluding carboxylic acids is 1. The summed E-state index contributed by atoms with van der Waals surface area (Å²) in [7, 11) is 1.18. The number of nitrogens with zero attached hydrogens (tertiary/aromatic N) is 1. The van der Waals surface area contributed by atoms with E-state index in [1.165, 1.54) is 19.4 Å². The first-order chi connectivity index (χ1) is 5.25. The molecule has 1 aromatic heterocycles. The van der Waals surface area contributed by atoms with E-state index in [0.717, 1.165) is 6.07 Å². The number of aromatic nitrogens is 1. The lowest BCUT2D eigenvalue weighted by Gasteiger charge is -1.97. The molecule has 58 valence electrons. The average Bonchev–Trinajstić information content (AvgIpc) is 2.04. The van der Waals surface area contributed by atoms with Crippen molar-refractivity contribution in [2.45, 2.75) is 0 Å². The van der Waals surface area contributed by atoms with Gasteiger partial charge in [0.05, 0.1) is 7.11 Å². The van der Waals surface area contributed by atoms with Crippen LogP contribution in [0.15, 0.2) is 18.3 Å². The highest BCUT2D eigenvalue weighted by atomic mass is 19.1. The van der Waals surface area contributed by atoms with E-state index in [1.54, 1.807) is 0 Å². The molecule has 0 bridgehead atoms. The molecule has 0 aliphatic carbocycles. The van der Waals surface area contributed by atoms with Gasteiger partial charge in [0.25, 0.3) is 0 Å². The van der Waals surface area contributed by atoms with Crippen molar-refractivity contribution in [3.05, 3.63) is 29.8 Å². The SMILES string of the molecule is COC(=O)c1ncccc1F. The maximum atomic E-state index is 12.7. The van der Waals surface area contributed by atoms with Gasteiger partial charge in [-0.1, -0.05) is 0 Å². The fourth-order valence-corrected chi connectivity index (χ4v) is 0.633. The number of pyridine rings is 1. The molecule has 0 saturated heterocycles. The van der Waals surface area contributed by atoms with Crippen LogP contribution in [0.2, 0.25) is 0 Å². The lowest BCUT2D eigenvalue weighted by Crippen LogP contribution is -2.06. The lowest BCUT2D eigenvalue weighted by atomic mass is 10.3. The highest BCUT2D eigenvalue weighted by molar-refractivity contribution is 5.87. The Morgan fingerprint density at radius 1 is 1.73 bits per heavy atom. The first kappa shape index (κ1) is 7.65. The maximum absolute atomic E-state index is 12.7. The fourth-order valence-electron chi connectivity index (χ4n) is 0.633. The third-order valence-electron chi connectivity index (χ3n) is 1.14. The van der Waals surface area contributed by atoms with Gasteiger partial charge >= 0.3 is 5.97 Å². The molecule has 3 nitrogen and oxygen atoms in total. The van der Waals surface area contributed by atoms with Crippen LogP contribution in [0.4, 0.5) is 4.39 Å². The van der Waals surface area contributed by atoms with Gasteiger partial charge < -0.3 is 4.74 Å². The summed E-state index contributed by atoms with van der Waals surface area (Å²) in [6, 6.07) is 2.56. The van der Waals surface area contributed by atoms with E-state index in [0.29, 0.717) is 0 Å². The molecule has 0 saturated carbocycles. The second-order valence-electron chi connectivity index (χ2n) is 1.83. The zero-order valence-corrected chi connectivity index (χ0v) is 5.87. The number of hydrogen-bond acceptors (Lipinski definition) is 3. The molecular formula is C7H6FNO2. The number of methoxy groups -OCH3 is 1. The first-order valence-corrected chi connectivity index (χ1v) is 2.94. The molecule has 0 amide bonds. The summed E-state index contributed by atoms with van der Waals surface area (Å²) < 4.78 is 16.9. The summed E-state index contributed by atoms with van der Waals surface area (Å²) in [6.45, 7) is 0. The van der Waals surface area contributed by atoms with E-state index >= 15 is 0 Å². The number of halogens is 1. The summed E-state index contributed by atoms with van der Waals surface area (Å²) in [4.78, 5) is 14.2. The highest BCUT2D eigenvalue weighted by Gasteiger charge is 2.11. The molecule has 1 rings (SSSR count). The van der Waals surface area contributed by atoms with Crippen LogP contribution in [-0.2, 0) is 4.74 Å². The molecule has 4 heteroatoms. The van der Waals surface area contributed by atoms with Gasteiger partial charge in [0.1, 0.15) is 0 Å². The van der Waals surface area contributed by atoms with Gasteiger partial charge in [-0.15, -0.1) is 0 Å². The number of esters is 1. The first-order valence-electron chi connectivity index (χ1n) is 2.94. The molecule has 0 fully saturated rings. The van der Waals surface area contributed by atoms with Crippen LogP contribution in [0, 0.1) is 5.82 Å². The van der Waals surface area contributed by atoms with Gasteiger partial charge in [-0.3, -0.25) is 0 Å². The van der Waals surface area contributed by atoms with Crippen LogP contribution in [0.1, 0.15) is 10.5 Å². The molecule has 0 radical (unpaired) electrons. The van der Waals surface area contributed by atoms with Crippen molar-refractivity contribution in [3.63, 3.8) is 0 Å². The van der Waals surface area contributed by atoms with E-state index in [2.05, 4.69) is 9.72 Å². The summed E-state index contributed by atoms with van der Waals surface area (Å²) in [5.41, 5.74) is -0.282. The number of hydrogen-bond donors (Lipinski definition) is 0. The van der Waals surface area contributed by atoms with Crippen molar-refractivity contribution in [1.29, 1.82) is 0 Å². The largest absolute Gasteiger partial charge is 0.464 e. The summed E-state index contributed by atoms with van der Waals surface area (Å²) in [5, 5.41) is 0. The molecule has 1 heterocycles. The monoisotopic (exact) mass is 155 g/mol. The Morgan fingerprint density at radius 3 is 3.00 bits per heavy atom. The van der Waals surface area contributed by atoms with Gasteiger partial charge in [0, 0.05) is 6.20 Å². The van der Waals surface area contributed by atoms with Crippen LogP contribution in [0.5, 0.6) is 0 Å². The molecular weight excluding hydrogens is 149 g/mol. The van der Waals surface area contributed by atoms with Crippen LogP contribution in [0.3, 0.4) is 0 Å². The summed E-state index contributed by atoms with van der Waals surface area (Å²) >= 11 is 0. The number of ether oxygens (including phenoxy) is 1. The second-order valence-corrected chi connectivity index (χ2v) is 1.83. The molecule has 0 spiro atoms. The molecule has 0 aromatic carbocycles. The van der Waals surface area contributed by atoms with Crippen LogP contribution >= 0.6 is 0 Å². The summed E-state index contributed by atoms with van der Waals surface area (Å²) in [5.74, 6) is -1.43. The van der Waals surface area contributed by atoms with Gasteiger partial charge in [-0.2, -0.15) is 0 Å². The van der Waals surface area contributed by atoms with Crippen molar-refractivity contribution in [1.82, 2.24) is 4.98 Å². The lowest BCUT2D eigenvalue weighted by molar-refractivity contribution is 0.0588. The van der Waals surface area contributed by atoms with Gasteiger partial charge in [-0.25, -0.2) is 14.2 Å². The smallest absolute Gasteiger partial charge is 0.359 e. The van der Waals surface area contributed by atoms with E-state index < -0.39 is 11.8 Å². The third-order valence-corrected chi connectivity index (χ3v) is 1.14. The number of rotatable bonds is 1. The minimum atomic E-state index is -0.761. The van der Waals surface area contributed by atoms with Crippen LogP contribution < -0.4 is 0 Å². The second kappa shape index (κ2) is 3.09. The van der Waals surface area contributed by atoms with E-state index in [4.69, 9.17) is 0 Å². The van der Waals surface area contributed by atoms with Gasteiger partial charge in [-0.05, 0) is 12.1 Å². The zero-order chi connectivity index (χ0) is 8.27. The van der Waals surface area contributed by atoms with Crippen molar-refractivity contribution in [2.75, 3.05) is 7.11 Å². The third kappa shape index (κ3) is 1.52. The Kier molecular flexibility index (Phi) is 2.15. The quantitative estimate of drug-likeness (QED) is 0.568. The van der Waals surface area contributed by atoms with E-state index in [-0.39, 0.29) is 5.69 Å². The van der Waals surface area contributed by atoms with E-state index in [1.807, 2.05) is 0 Å². The molecule has 0 atom stereocenters. The minimum absolute atomic E-state index is 0.282. The normalized spacial score (nSPS) is 9.27. The van der Waals surface area contributed by atoms with Crippen molar-refractivity contribution in [2.24, 2.45) is 0 Å². The van der Waals surface area contributed by atoms with Gasteiger partial charge in [0.15, 0.2) is 11.5 Å². The van der Waals surface area contributed by atoms with Gasteiger partial charge in [0.2, 0.25) is 0 Å². The molecule has 1 aromatic rings. The molecule has 0 unspecified atom stereocenters. The highest BCUT2D eigenvalue weighted by Crippen LogP contribution is 2.02. The Labute approximate surface area is 62.8 Å². The summed E-state index contributed by atoms with van der Waals surface area (Å²) in [6.07, 6.45) is 1.33. The van der Waals surface area contributed by atoms with Crippen molar-refractivity contribution >= 4 is 5.97 Å². The Balaban J connectivity index is 3.03. The topological polar surface area (TPSA) is 39.2 Å². The molecule has 0 N–H and O–H groups in total. The minimum Gasteiger partial charge on any atom is -0.464 e. The molecule has 0 aliphatic rings. The Morgan fingerprint density at radius 2 is 2.45 bits per heavy atom. The predicted octanol–water partition coefficient (Wildman–Crippen LogP) is 1.01. The average molecular weight is 155 g/mol. The van der Waals surface area contributed by atoms with Crippen LogP contribution in [0.25, 0.3) is 0 Å².